The Balaban J connectivity index is 2.71. The van der Waals surface area contributed by atoms with Crippen LogP contribution in [-0.4, -0.2) is 17.4 Å². The molecule has 0 heterocycles. The van der Waals surface area contributed by atoms with Crippen molar-refractivity contribution in [2.45, 2.75) is 6.42 Å². The molecule has 1 rings (SSSR count). The second kappa shape index (κ2) is 4.39. The van der Waals surface area contributed by atoms with E-state index in [1.165, 1.54) is 0 Å². The summed E-state index contributed by atoms with van der Waals surface area (Å²) in [4.78, 5) is 0. The number of rotatable bonds is 3. The van der Waals surface area contributed by atoms with Gasteiger partial charge in [0.2, 0.25) is 0 Å². The summed E-state index contributed by atoms with van der Waals surface area (Å²) in [5, 5.41) is 24.4. The number of nitriles is 1. The zero-order valence-electron chi connectivity index (χ0n) is 7.12. The van der Waals surface area contributed by atoms with Crippen molar-refractivity contribution in [3.8, 4) is 6.07 Å². The molecule has 0 spiro atoms. The van der Waals surface area contributed by atoms with Crippen LogP contribution in [0.1, 0.15) is 11.1 Å². The third kappa shape index (κ3) is 2.69. The molecule has 0 saturated heterocycles. The van der Waals surface area contributed by atoms with Gasteiger partial charge in [-0.2, -0.15) is 5.26 Å². The Labute approximate surface area is 76.8 Å². The second-order valence-corrected chi connectivity index (χ2v) is 2.75. The summed E-state index contributed by atoms with van der Waals surface area (Å²) in [6, 6.07) is 9.02. The van der Waals surface area contributed by atoms with Crippen molar-refractivity contribution in [1.29, 1.82) is 10.7 Å². The van der Waals surface area contributed by atoms with E-state index in [1.807, 2.05) is 6.07 Å². The number of hydrogen-bond donors (Lipinski definition) is 2. The molecular formula is C10H10N2O. The predicted molar refractivity (Wildman–Crippen MR) is 49.7 cm³/mol. The number of benzene rings is 1. The molecule has 0 atom stereocenters. The van der Waals surface area contributed by atoms with Gasteiger partial charge >= 0.3 is 0 Å². The number of aliphatic hydroxyl groups excluding tert-OH is 1. The molecule has 0 radical (unpaired) electrons. The maximum absolute atomic E-state index is 8.62. The van der Waals surface area contributed by atoms with E-state index < -0.39 is 0 Å². The maximum atomic E-state index is 8.62. The Hall–Kier alpha value is -1.66. The van der Waals surface area contributed by atoms with Crippen molar-refractivity contribution in [2.24, 2.45) is 0 Å². The smallest absolute Gasteiger partial charge is 0.0991 e. The quantitative estimate of drug-likeness (QED) is 0.674. The van der Waals surface area contributed by atoms with Crippen molar-refractivity contribution >= 4 is 5.71 Å². The van der Waals surface area contributed by atoms with E-state index in [2.05, 4.69) is 0 Å². The van der Waals surface area contributed by atoms with Crippen LogP contribution in [0.2, 0.25) is 0 Å². The predicted octanol–water partition coefficient (Wildman–Crippen LogP) is 1.11. The molecule has 0 saturated carbocycles. The van der Waals surface area contributed by atoms with E-state index in [9.17, 15) is 0 Å². The molecule has 0 amide bonds. The van der Waals surface area contributed by atoms with Gasteiger partial charge in [0, 0.05) is 12.1 Å². The highest BCUT2D eigenvalue weighted by Crippen LogP contribution is 2.04. The molecule has 0 aliphatic rings. The minimum atomic E-state index is -0.208. The molecule has 1 aromatic rings. The molecule has 66 valence electrons. The van der Waals surface area contributed by atoms with Crippen LogP contribution in [0.5, 0.6) is 0 Å². The van der Waals surface area contributed by atoms with Gasteiger partial charge in [-0.05, 0) is 17.7 Å². The molecule has 0 unspecified atom stereocenters. The highest BCUT2D eigenvalue weighted by molar-refractivity contribution is 5.84. The fraction of sp³-hybridized carbons (Fsp3) is 0.200. The average Bonchev–Trinajstić information content (AvgIpc) is 2.19. The second-order valence-electron chi connectivity index (χ2n) is 2.75. The van der Waals surface area contributed by atoms with Gasteiger partial charge in [0.1, 0.15) is 0 Å². The SMILES string of the molecule is N#Cc1ccc(CC(=N)CO)cc1. The Morgan fingerprint density at radius 2 is 2.00 bits per heavy atom. The summed E-state index contributed by atoms with van der Waals surface area (Å²) in [5.41, 5.74) is 1.84. The lowest BCUT2D eigenvalue weighted by molar-refractivity contribution is 0.354. The van der Waals surface area contributed by atoms with Gasteiger partial charge in [0.05, 0.1) is 18.2 Å². The van der Waals surface area contributed by atoms with E-state index in [-0.39, 0.29) is 12.3 Å². The van der Waals surface area contributed by atoms with Crippen molar-refractivity contribution in [1.82, 2.24) is 0 Å². The van der Waals surface area contributed by atoms with Crippen LogP contribution in [-0.2, 0) is 6.42 Å². The molecule has 0 aliphatic carbocycles. The standard InChI is InChI=1S/C10H10N2O/c11-6-9-3-1-8(2-4-9)5-10(12)7-13/h1-4,12-13H,5,7H2. The van der Waals surface area contributed by atoms with Crippen molar-refractivity contribution in [3.63, 3.8) is 0 Å². The van der Waals surface area contributed by atoms with Crippen LogP contribution in [0.15, 0.2) is 24.3 Å². The molecule has 2 N–H and O–H groups in total. The lowest BCUT2D eigenvalue weighted by Gasteiger charge is -2.00. The Kier molecular flexibility index (Phi) is 3.18. The fourth-order valence-corrected chi connectivity index (χ4v) is 0.999. The van der Waals surface area contributed by atoms with E-state index in [4.69, 9.17) is 15.8 Å². The molecule has 1 aromatic carbocycles. The summed E-state index contributed by atoms with van der Waals surface area (Å²) < 4.78 is 0. The van der Waals surface area contributed by atoms with Gasteiger partial charge in [-0.1, -0.05) is 12.1 Å². The van der Waals surface area contributed by atoms with Crippen LogP contribution >= 0.6 is 0 Å². The van der Waals surface area contributed by atoms with Crippen LogP contribution in [0, 0.1) is 16.7 Å². The molecule has 3 heteroatoms. The normalized spacial score (nSPS) is 9.23. The maximum Gasteiger partial charge on any atom is 0.0991 e. The van der Waals surface area contributed by atoms with Crippen molar-refractivity contribution in [2.75, 3.05) is 6.61 Å². The van der Waals surface area contributed by atoms with Gasteiger partial charge in [-0.3, -0.25) is 0 Å². The molecule has 0 aliphatic heterocycles. The Morgan fingerprint density at radius 1 is 1.38 bits per heavy atom. The minimum absolute atomic E-state index is 0.208. The van der Waals surface area contributed by atoms with Crippen LogP contribution in [0.3, 0.4) is 0 Å². The van der Waals surface area contributed by atoms with Crippen molar-refractivity contribution in [3.05, 3.63) is 35.4 Å². The van der Waals surface area contributed by atoms with E-state index >= 15 is 0 Å². The van der Waals surface area contributed by atoms with Crippen molar-refractivity contribution < 1.29 is 5.11 Å². The average molecular weight is 174 g/mol. The highest BCUT2D eigenvalue weighted by Gasteiger charge is 1.97. The molecule has 0 bridgehead atoms. The van der Waals surface area contributed by atoms with Gasteiger partial charge < -0.3 is 10.5 Å². The first-order chi connectivity index (χ1) is 6.26. The number of aliphatic hydroxyl groups is 1. The third-order valence-corrected chi connectivity index (χ3v) is 1.69. The van der Waals surface area contributed by atoms with E-state index in [0.717, 1.165) is 5.56 Å². The molecule has 0 aromatic heterocycles. The monoisotopic (exact) mass is 174 g/mol. The van der Waals surface area contributed by atoms with Crippen LogP contribution in [0.4, 0.5) is 0 Å². The lowest BCUT2D eigenvalue weighted by Crippen LogP contribution is -2.06. The molecule has 13 heavy (non-hydrogen) atoms. The summed E-state index contributed by atoms with van der Waals surface area (Å²) in [6.07, 6.45) is 0.447. The first-order valence-corrected chi connectivity index (χ1v) is 3.92. The third-order valence-electron chi connectivity index (χ3n) is 1.69. The Bertz CT molecular complexity index is 335. The van der Waals surface area contributed by atoms with Crippen LogP contribution < -0.4 is 0 Å². The number of hydrogen-bond acceptors (Lipinski definition) is 3. The largest absolute Gasteiger partial charge is 0.390 e. The first-order valence-electron chi connectivity index (χ1n) is 3.92. The van der Waals surface area contributed by atoms with Gasteiger partial charge in [0.15, 0.2) is 0 Å². The van der Waals surface area contributed by atoms with Crippen LogP contribution in [0.25, 0.3) is 0 Å². The number of nitrogens with one attached hydrogen (secondary N) is 1. The van der Waals surface area contributed by atoms with Gasteiger partial charge in [-0.15, -0.1) is 0 Å². The minimum Gasteiger partial charge on any atom is -0.390 e. The van der Waals surface area contributed by atoms with E-state index in [0.29, 0.717) is 12.0 Å². The summed E-state index contributed by atoms with van der Waals surface area (Å²) in [7, 11) is 0. The van der Waals surface area contributed by atoms with Gasteiger partial charge in [-0.25, -0.2) is 0 Å². The summed E-state index contributed by atoms with van der Waals surface area (Å²) in [5.74, 6) is 0. The Morgan fingerprint density at radius 3 is 2.46 bits per heavy atom. The zero-order valence-corrected chi connectivity index (χ0v) is 7.12. The summed E-state index contributed by atoms with van der Waals surface area (Å²) >= 11 is 0. The summed E-state index contributed by atoms with van der Waals surface area (Å²) in [6.45, 7) is -0.208. The zero-order chi connectivity index (χ0) is 9.68. The van der Waals surface area contributed by atoms with E-state index in [1.54, 1.807) is 24.3 Å². The lowest BCUT2D eigenvalue weighted by atomic mass is 10.1. The van der Waals surface area contributed by atoms with Gasteiger partial charge in [0.25, 0.3) is 0 Å². The fourth-order valence-electron chi connectivity index (χ4n) is 0.999. The molecular weight excluding hydrogens is 164 g/mol. The molecule has 0 fully saturated rings. The highest BCUT2D eigenvalue weighted by atomic mass is 16.3. The first kappa shape index (κ1) is 9.43. The number of nitrogens with zero attached hydrogens (tertiary/aromatic N) is 1. The molecule has 3 nitrogen and oxygen atoms in total. The topological polar surface area (TPSA) is 67.9 Å².